The van der Waals surface area contributed by atoms with E-state index >= 15 is 0 Å². The SMILES string of the molecule is COCCc1ncnc2c1ncn2[C@@H]1O[C@@H]2COP(=O)(O)O[C@@H]3[C@H](O)[C@@H](COP(=O)(O)O[C@H]2[C@H]1O)O[C@H]3n1cnc2c(=O)[nH]c(N)nc21. The van der Waals surface area contributed by atoms with Crippen LogP contribution in [0.4, 0.5) is 5.95 Å². The molecule has 2 bridgehead atoms. The molecule has 0 radical (unpaired) electrons. The van der Waals surface area contributed by atoms with Crippen LogP contribution in [0.1, 0.15) is 18.1 Å². The van der Waals surface area contributed by atoms with Gasteiger partial charge in [-0.15, -0.1) is 0 Å². The zero-order valence-corrected chi connectivity index (χ0v) is 26.4. The molecule has 7 N–H and O–H groups in total. The highest BCUT2D eigenvalue weighted by Gasteiger charge is 2.54. The number of H-pyrrole nitrogens is 1. The van der Waals surface area contributed by atoms with E-state index in [9.17, 15) is 33.9 Å². The maximum atomic E-state index is 13.3. The van der Waals surface area contributed by atoms with Crippen molar-refractivity contribution in [2.75, 3.05) is 32.7 Å². The highest BCUT2D eigenvalue weighted by molar-refractivity contribution is 7.47. The van der Waals surface area contributed by atoms with Gasteiger partial charge >= 0.3 is 15.6 Å². The van der Waals surface area contributed by atoms with Gasteiger partial charge in [0.15, 0.2) is 29.3 Å². The molecule has 3 aliphatic rings. The summed E-state index contributed by atoms with van der Waals surface area (Å²) in [7, 11) is -8.66. The third kappa shape index (κ3) is 6.07. The van der Waals surface area contributed by atoms with Gasteiger partial charge in [0.25, 0.3) is 5.56 Å². The Morgan fingerprint density at radius 2 is 1.56 bits per heavy atom. The first kappa shape index (κ1) is 33.2. The number of nitrogens with zero attached hydrogens (tertiary/aromatic N) is 7. The Balaban J connectivity index is 1.19. The van der Waals surface area contributed by atoms with Gasteiger partial charge in [0, 0.05) is 13.5 Å². The number of phosphoric acid groups is 2. The van der Waals surface area contributed by atoms with E-state index in [1.54, 1.807) is 0 Å². The molecule has 10 atom stereocenters. The van der Waals surface area contributed by atoms with E-state index in [4.69, 9.17) is 38.0 Å². The highest BCUT2D eigenvalue weighted by Crippen LogP contribution is 2.53. The van der Waals surface area contributed by atoms with E-state index in [1.807, 2.05) is 0 Å². The number of methoxy groups -OCH3 is 1. The van der Waals surface area contributed by atoms with E-state index < -0.39 is 83.5 Å². The third-order valence-electron chi connectivity index (χ3n) is 7.91. The fraction of sp³-hybridized carbons (Fsp3) is 0.565. The molecule has 3 aliphatic heterocycles. The first-order chi connectivity index (χ1) is 22.9. The Bertz CT molecular complexity index is 1990. The minimum absolute atomic E-state index is 0.125. The first-order valence-corrected chi connectivity index (χ1v) is 17.2. The largest absolute Gasteiger partial charge is 0.472 e. The zero-order chi connectivity index (χ0) is 34.0. The number of aliphatic hydroxyl groups is 2. The van der Waals surface area contributed by atoms with Crippen LogP contribution in [0.3, 0.4) is 0 Å². The predicted molar refractivity (Wildman–Crippen MR) is 155 cm³/mol. The number of fused-ring (bicyclic) bond motifs is 5. The molecule has 0 saturated carbocycles. The van der Waals surface area contributed by atoms with Crippen molar-refractivity contribution in [2.24, 2.45) is 0 Å². The maximum absolute atomic E-state index is 13.3. The maximum Gasteiger partial charge on any atom is 0.472 e. The molecule has 0 amide bonds. The number of aromatic nitrogens is 8. The Labute approximate surface area is 267 Å². The molecule has 4 aromatic heterocycles. The van der Waals surface area contributed by atoms with E-state index in [1.165, 1.54) is 24.3 Å². The molecule has 7 heterocycles. The summed E-state index contributed by atoms with van der Waals surface area (Å²) in [6, 6.07) is 0. The van der Waals surface area contributed by atoms with Gasteiger partial charge in [-0.1, -0.05) is 0 Å². The highest BCUT2D eigenvalue weighted by atomic mass is 31.2. The second kappa shape index (κ2) is 12.6. The average Bonchev–Trinajstić information content (AvgIpc) is 3.79. The summed E-state index contributed by atoms with van der Waals surface area (Å²) >= 11 is 0. The topological polar surface area (TPSA) is 313 Å². The number of aromatic amines is 1. The number of hydrogen-bond acceptors (Lipinski definition) is 18. The van der Waals surface area contributed by atoms with Crippen molar-refractivity contribution in [1.29, 1.82) is 0 Å². The molecular weight excluding hydrogens is 688 g/mol. The van der Waals surface area contributed by atoms with Crippen LogP contribution in [-0.2, 0) is 47.9 Å². The van der Waals surface area contributed by atoms with Crippen LogP contribution in [0, 0.1) is 0 Å². The Hall–Kier alpha value is -3.28. The van der Waals surface area contributed by atoms with Crippen molar-refractivity contribution in [2.45, 2.75) is 55.5 Å². The summed E-state index contributed by atoms with van der Waals surface area (Å²) in [6.45, 7) is -1.29. The van der Waals surface area contributed by atoms with Crippen LogP contribution in [0.25, 0.3) is 22.3 Å². The van der Waals surface area contributed by atoms with Crippen LogP contribution in [0.2, 0.25) is 0 Å². The molecule has 0 aromatic carbocycles. The Morgan fingerprint density at radius 3 is 2.29 bits per heavy atom. The van der Waals surface area contributed by atoms with E-state index in [0.29, 0.717) is 24.2 Å². The van der Waals surface area contributed by atoms with Crippen LogP contribution in [-0.4, -0.2) is 123 Å². The lowest BCUT2D eigenvalue weighted by molar-refractivity contribution is -0.0672. The summed E-state index contributed by atoms with van der Waals surface area (Å²) in [5.74, 6) is -0.281. The normalized spacial score (nSPS) is 36.1. The van der Waals surface area contributed by atoms with Crippen molar-refractivity contribution in [3.63, 3.8) is 0 Å². The monoisotopic (exact) mass is 717 g/mol. The molecule has 23 nitrogen and oxygen atoms in total. The van der Waals surface area contributed by atoms with Crippen molar-refractivity contribution < 1.29 is 61.4 Å². The van der Waals surface area contributed by atoms with Gasteiger partial charge in [0.1, 0.15) is 48.5 Å². The number of nitrogens with one attached hydrogen (secondary N) is 1. The van der Waals surface area contributed by atoms with Gasteiger partial charge in [-0.25, -0.2) is 29.1 Å². The van der Waals surface area contributed by atoms with Crippen LogP contribution in [0.5, 0.6) is 0 Å². The fourth-order valence-corrected chi connectivity index (χ4v) is 7.61. The quantitative estimate of drug-likeness (QED) is 0.125. The third-order valence-corrected chi connectivity index (χ3v) is 9.88. The molecule has 0 spiro atoms. The Morgan fingerprint density at radius 1 is 0.917 bits per heavy atom. The van der Waals surface area contributed by atoms with E-state index in [0.717, 1.165) is 10.9 Å². The number of nitrogen functional groups attached to an aromatic ring is 1. The molecular formula is C23H29N9O14P2. The number of imidazole rings is 2. The molecule has 3 saturated heterocycles. The molecule has 260 valence electrons. The number of phosphoric ester groups is 2. The molecule has 25 heteroatoms. The number of nitrogens with two attached hydrogens (primary N) is 1. The zero-order valence-electron chi connectivity index (χ0n) is 24.7. The minimum atomic E-state index is -5.12. The molecule has 2 unspecified atom stereocenters. The molecule has 48 heavy (non-hydrogen) atoms. The molecule has 7 rings (SSSR count). The van der Waals surface area contributed by atoms with Gasteiger partial charge in [-0.3, -0.25) is 37.0 Å². The Kier molecular flexibility index (Phi) is 8.69. The second-order valence-electron chi connectivity index (χ2n) is 10.9. The van der Waals surface area contributed by atoms with Crippen molar-refractivity contribution in [1.82, 2.24) is 39.0 Å². The average molecular weight is 717 g/mol. The lowest BCUT2D eigenvalue weighted by Crippen LogP contribution is -2.36. The number of ether oxygens (including phenoxy) is 3. The van der Waals surface area contributed by atoms with Crippen LogP contribution < -0.4 is 11.3 Å². The molecule has 4 aromatic rings. The molecule has 0 aliphatic carbocycles. The predicted octanol–water partition coefficient (Wildman–Crippen LogP) is -1.73. The number of rotatable bonds is 5. The molecule has 3 fully saturated rings. The lowest BCUT2D eigenvalue weighted by atomic mass is 10.1. The summed E-state index contributed by atoms with van der Waals surface area (Å²) < 4.78 is 66.8. The summed E-state index contributed by atoms with van der Waals surface area (Å²) in [5, 5.41) is 22.3. The second-order valence-corrected chi connectivity index (χ2v) is 13.8. The number of aliphatic hydroxyl groups excluding tert-OH is 2. The van der Waals surface area contributed by atoms with Gasteiger partial charge in [-0.05, 0) is 0 Å². The smallest absolute Gasteiger partial charge is 0.387 e. The number of hydrogen-bond donors (Lipinski definition) is 6. The summed E-state index contributed by atoms with van der Waals surface area (Å²) in [4.78, 5) is 56.8. The van der Waals surface area contributed by atoms with Crippen LogP contribution in [0.15, 0.2) is 23.8 Å². The summed E-state index contributed by atoms with van der Waals surface area (Å²) in [5.41, 5.74) is 5.85. The van der Waals surface area contributed by atoms with Gasteiger partial charge in [0.2, 0.25) is 5.95 Å². The van der Waals surface area contributed by atoms with Gasteiger partial charge in [-0.2, -0.15) is 4.98 Å². The van der Waals surface area contributed by atoms with E-state index in [-0.39, 0.29) is 22.8 Å². The standard InChI is InChI=1S/C23H29N9O14P2/c1-40-3-2-9-12-18(26-6-25-9)31(7-27-12)21-15(34)16-11(44-21)5-42-48(38,39)46-17-14(33)10(4-41-47(36,37)45-16)43-22(17)32-8-28-13-19(32)29-23(24)30-20(13)35/h6-8,10-11,14-17,21-22,33-34H,2-5H2,1H3,(H,36,37)(H,38,39)(H3,24,29,30,35)/t10-,11-,14-,15-,16-,17-,21-,22-/m1/s1. The summed E-state index contributed by atoms with van der Waals surface area (Å²) in [6.07, 6.45) is -8.52. The van der Waals surface area contributed by atoms with Gasteiger partial charge < -0.3 is 39.9 Å². The fourth-order valence-electron chi connectivity index (χ4n) is 5.71. The number of anilines is 1. The van der Waals surface area contributed by atoms with Crippen molar-refractivity contribution in [3.8, 4) is 0 Å². The van der Waals surface area contributed by atoms with Crippen molar-refractivity contribution in [3.05, 3.63) is 35.0 Å². The van der Waals surface area contributed by atoms with E-state index in [2.05, 4.69) is 29.9 Å². The van der Waals surface area contributed by atoms with Gasteiger partial charge in [0.05, 0.1) is 38.2 Å². The van der Waals surface area contributed by atoms with Crippen molar-refractivity contribution >= 4 is 43.9 Å². The lowest BCUT2D eigenvalue weighted by Gasteiger charge is -2.25. The minimum Gasteiger partial charge on any atom is -0.387 e. The first-order valence-electron chi connectivity index (χ1n) is 14.2. The van der Waals surface area contributed by atoms with Crippen LogP contribution >= 0.6 is 15.6 Å².